The van der Waals surface area contributed by atoms with E-state index in [2.05, 4.69) is 4.72 Å². The van der Waals surface area contributed by atoms with Crippen molar-refractivity contribution in [2.45, 2.75) is 56.7 Å². The average Bonchev–Trinajstić information content (AvgIpc) is 2.31. The maximum Gasteiger partial charge on any atom is 0.330 e. The number of esters is 1. The van der Waals surface area contributed by atoms with Crippen LogP contribution in [0.1, 0.15) is 41.5 Å². The van der Waals surface area contributed by atoms with Crippen molar-refractivity contribution in [3.8, 4) is 0 Å². The molecule has 0 aliphatic heterocycles. The summed E-state index contributed by atoms with van der Waals surface area (Å²) in [5.74, 6) is -0.499. The molecule has 0 aromatic heterocycles. The summed E-state index contributed by atoms with van der Waals surface area (Å²) >= 11 is 12.6. The molecule has 0 heterocycles. The number of carbonyl (C=O) groups is 1. The van der Waals surface area contributed by atoms with Crippen molar-refractivity contribution in [1.29, 1.82) is 0 Å². The van der Waals surface area contributed by atoms with Gasteiger partial charge in [-0.05, 0) is 39.7 Å². The molecule has 0 spiro atoms. The molecule has 0 fully saturated rings. The molecule has 0 amide bonds. The van der Waals surface area contributed by atoms with Gasteiger partial charge >= 0.3 is 5.97 Å². The largest absolute Gasteiger partial charge is 0.463 e. The number of carbonyl (C=O) groups excluding carboxylic acids is 1. The molecule has 0 aromatic rings. The van der Waals surface area contributed by atoms with E-state index < -0.39 is 32.1 Å². The Morgan fingerprint density at radius 2 is 1.86 bits per heavy atom. The monoisotopic (exact) mass is 357 g/mol. The predicted octanol–water partition coefficient (Wildman–Crippen LogP) is 3.36. The first-order valence-electron chi connectivity index (χ1n) is 6.83. The molecule has 0 radical (unpaired) electrons. The lowest BCUT2D eigenvalue weighted by molar-refractivity contribution is -0.137. The van der Waals surface area contributed by atoms with E-state index in [-0.39, 0.29) is 12.5 Å². The first-order valence-corrected chi connectivity index (χ1v) is 8.74. The summed E-state index contributed by atoms with van der Waals surface area (Å²) in [4.78, 5) is 11.4. The third kappa shape index (κ3) is 7.63. The minimum Gasteiger partial charge on any atom is -0.463 e. The van der Waals surface area contributed by atoms with Crippen LogP contribution in [0.25, 0.3) is 0 Å². The van der Waals surface area contributed by atoms with Crippen LogP contribution >= 0.6 is 23.2 Å². The molecule has 1 unspecified atom stereocenters. The highest BCUT2D eigenvalue weighted by atomic mass is 35.5. The number of nitrogens with one attached hydrogen (secondary N) is 1. The molecule has 2 atom stereocenters. The van der Waals surface area contributed by atoms with Crippen LogP contribution in [0.3, 0.4) is 0 Å². The Hall–Kier alpha value is -0.100. The number of alkyl halides is 2. The summed E-state index contributed by atoms with van der Waals surface area (Å²) in [7, 11) is -1.32. The van der Waals surface area contributed by atoms with E-state index in [1.807, 2.05) is 34.6 Å². The van der Waals surface area contributed by atoms with Gasteiger partial charge in [-0.15, -0.1) is 0 Å². The second-order valence-electron chi connectivity index (χ2n) is 5.98. The molecule has 1 N–H and O–H groups in total. The fourth-order valence-corrected chi connectivity index (χ4v) is 3.34. The Labute approximate surface area is 140 Å². The Balaban J connectivity index is 5.09. The van der Waals surface area contributed by atoms with Crippen molar-refractivity contribution in [2.24, 2.45) is 5.92 Å². The van der Waals surface area contributed by atoms with E-state index in [9.17, 15) is 9.00 Å². The van der Waals surface area contributed by atoms with Crippen LogP contribution in [0.2, 0.25) is 0 Å². The van der Waals surface area contributed by atoms with Crippen LogP contribution in [-0.4, -0.2) is 31.9 Å². The van der Waals surface area contributed by atoms with Gasteiger partial charge in [0.25, 0.3) is 0 Å². The number of rotatable bonds is 7. The molecule has 0 saturated heterocycles. The quantitative estimate of drug-likeness (QED) is 0.431. The SMILES string of the molecule is CCOC(=O)/C=C/C(Cl)(Cl)[C@@H](NS(=O)C(C)(C)C)C(C)C. The molecule has 0 aromatic carbocycles. The summed E-state index contributed by atoms with van der Waals surface area (Å²) in [6.07, 6.45) is 2.56. The highest BCUT2D eigenvalue weighted by Gasteiger charge is 2.37. The highest BCUT2D eigenvalue weighted by Crippen LogP contribution is 2.32. The summed E-state index contributed by atoms with van der Waals surface area (Å²) in [5.41, 5.74) is 0. The number of ether oxygens (including phenoxy) is 1. The lowest BCUT2D eigenvalue weighted by atomic mass is 10.0. The minimum absolute atomic E-state index is 0.0122. The van der Waals surface area contributed by atoms with E-state index >= 15 is 0 Å². The second kappa shape index (κ2) is 8.51. The van der Waals surface area contributed by atoms with Gasteiger partial charge < -0.3 is 4.74 Å². The van der Waals surface area contributed by atoms with Gasteiger partial charge in [-0.25, -0.2) is 13.7 Å². The maximum atomic E-state index is 12.2. The first-order chi connectivity index (χ1) is 9.41. The van der Waals surface area contributed by atoms with Crippen molar-refractivity contribution in [3.63, 3.8) is 0 Å². The van der Waals surface area contributed by atoms with Gasteiger partial charge in [-0.2, -0.15) is 0 Å². The standard InChI is InChI=1S/C14H25Cl2NO3S/c1-7-20-11(18)8-9-14(15,16)12(10(2)3)17-21(19)13(4,5)6/h8-10,12,17H,7H2,1-6H3/b9-8+/t12-,21?/m0/s1. The van der Waals surface area contributed by atoms with Crippen LogP contribution in [0, 0.1) is 5.92 Å². The van der Waals surface area contributed by atoms with Crippen molar-refractivity contribution in [3.05, 3.63) is 12.2 Å². The molecule has 0 bridgehead atoms. The van der Waals surface area contributed by atoms with Gasteiger partial charge in [0.1, 0.15) is 0 Å². The van der Waals surface area contributed by atoms with E-state index in [0.29, 0.717) is 0 Å². The smallest absolute Gasteiger partial charge is 0.330 e. The number of halogens is 2. The molecule has 0 saturated carbocycles. The summed E-state index contributed by atoms with van der Waals surface area (Å²) in [5, 5.41) is 0. The molecule has 0 aliphatic carbocycles. The van der Waals surface area contributed by atoms with Crippen LogP contribution in [-0.2, 0) is 20.5 Å². The normalized spacial score (nSPS) is 16.2. The van der Waals surface area contributed by atoms with Gasteiger partial charge in [-0.3, -0.25) is 0 Å². The summed E-state index contributed by atoms with van der Waals surface area (Å²) in [6.45, 7) is 11.4. The van der Waals surface area contributed by atoms with E-state index in [1.165, 1.54) is 12.2 Å². The van der Waals surface area contributed by atoms with Crippen molar-refractivity contribution >= 4 is 40.2 Å². The van der Waals surface area contributed by atoms with Gasteiger partial charge in [0, 0.05) is 6.08 Å². The fraction of sp³-hybridized carbons (Fsp3) is 0.786. The lowest BCUT2D eigenvalue weighted by Gasteiger charge is -2.33. The van der Waals surface area contributed by atoms with E-state index in [1.54, 1.807) is 6.92 Å². The molecule has 21 heavy (non-hydrogen) atoms. The van der Waals surface area contributed by atoms with E-state index in [4.69, 9.17) is 27.9 Å². The van der Waals surface area contributed by atoms with Gasteiger partial charge in [0.05, 0.1) is 28.4 Å². The number of hydrogen-bond donors (Lipinski definition) is 1. The molecule has 7 heteroatoms. The molecule has 124 valence electrons. The summed E-state index contributed by atoms with van der Waals surface area (Å²) in [6, 6.07) is -0.480. The third-order valence-corrected chi connectivity index (χ3v) is 4.90. The zero-order valence-corrected chi connectivity index (χ0v) is 15.7. The maximum absolute atomic E-state index is 12.2. The van der Waals surface area contributed by atoms with E-state index in [0.717, 1.165) is 0 Å². The minimum atomic E-state index is -1.37. The van der Waals surface area contributed by atoms with Gasteiger partial charge in [0.2, 0.25) is 0 Å². The molecular formula is C14H25Cl2NO3S. The first kappa shape index (κ1) is 20.9. The van der Waals surface area contributed by atoms with Gasteiger partial charge in [-0.1, -0.05) is 37.0 Å². The van der Waals surface area contributed by atoms with Crippen LogP contribution in [0.4, 0.5) is 0 Å². The predicted molar refractivity (Wildman–Crippen MR) is 89.9 cm³/mol. The highest BCUT2D eigenvalue weighted by molar-refractivity contribution is 7.84. The van der Waals surface area contributed by atoms with Crippen molar-refractivity contribution in [1.82, 2.24) is 4.72 Å². The second-order valence-corrected chi connectivity index (χ2v) is 9.42. The zero-order valence-electron chi connectivity index (χ0n) is 13.4. The lowest BCUT2D eigenvalue weighted by Crippen LogP contribution is -2.50. The average molecular weight is 358 g/mol. The Morgan fingerprint density at radius 3 is 2.24 bits per heavy atom. The fourth-order valence-electron chi connectivity index (χ4n) is 1.42. The van der Waals surface area contributed by atoms with Crippen molar-refractivity contribution in [2.75, 3.05) is 6.61 Å². The Kier molecular flexibility index (Phi) is 8.47. The Bertz CT molecular complexity index is 404. The van der Waals surface area contributed by atoms with Crippen LogP contribution < -0.4 is 4.72 Å². The topological polar surface area (TPSA) is 55.4 Å². The third-order valence-electron chi connectivity index (χ3n) is 2.60. The molecule has 0 rings (SSSR count). The van der Waals surface area contributed by atoms with Crippen LogP contribution in [0.5, 0.6) is 0 Å². The molecule has 0 aliphatic rings. The summed E-state index contributed by atoms with van der Waals surface area (Å²) < 4.78 is 18.2. The zero-order chi connectivity index (χ0) is 16.8. The molecule has 4 nitrogen and oxygen atoms in total. The van der Waals surface area contributed by atoms with Gasteiger partial charge in [0.15, 0.2) is 4.33 Å². The Morgan fingerprint density at radius 1 is 1.33 bits per heavy atom. The molecular weight excluding hydrogens is 333 g/mol. The van der Waals surface area contributed by atoms with Crippen LogP contribution in [0.15, 0.2) is 12.2 Å². The number of hydrogen-bond acceptors (Lipinski definition) is 3. The van der Waals surface area contributed by atoms with Crippen molar-refractivity contribution < 1.29 is 13.7 Å².